The van der Waals surface area contributed by atoms with Crippen LogP contribution in [0.2, 0.25) is 0 Å². The third-order valence-corrected chi connectivity index (χ3v) is 2.61. The van der Waals surface area contributed by atoms with E-state index in [2.05, 4.69) is 0 Å². The van der Waals surface area contributed by atoms with Crippen molar-refractivity contribution >= 4 is 11.9 Å². The standard InChI is InChI=1S/C12H22O4/c1-5-12(4,8-10(13)15-6-2)9-11(14)16-7-3/h5-9H2,1-4H3. The van der Waals surface area contributed by atoms with Crippen molar-refractivity contribution in [2.45, 2.75) is 47.0 Å². The summed E-state index contributed by atoms with van der Waals surface area (Å²) in [6.07, 6.45) is 1.26. The van der Waals surface area contributed by atoms with Gasteiger partial charge in [-0.1, -0.05) is 13.8 Å². The Kier molecular flexibility index (Phi) is 6.77. The van der Waals surface area contributed by atoms with Crippen LogP contribution in [0.5, 0.6) is 0 Å². The van der Waals surface area contributed by atoms with Crippen LogP contribution in [0.3, 0.4) is 0 Å². The number of esters is 2. The summed E-state index contributed by atoms with van der Waals surface area (Å²) in [4.78, 5) is 22.8. The fourth-order valence-electron chi connectivity index (χ4n) is 1.43. The zero-order valence-electron chi connectivity index (χ0n) is 10.7. The van der Waals surface area contributed by atoms with Crippen LogP contribution in [0.15, 0.2) is 0 Å². The van der Waals surface area contributed by atoms with Crippen molar-refractivity contribution in [3.05, 3.63) is 0 Å². The second-order valence-corrected chi connectivity index (χ2v) is 4.13. The van der Waals surface area contributed by atoms with Gasteiger partial charge in [0, 0.05) is 0 Å². The third-order valence-electron chi connectivity index (χ3n) is 2.61. The predicted octanol–water partition coefficient (Wildman–Crippen LogP) is 2.31. The van der Waals surface area contributed by atoms with E-state index in [0.717, 1.165) is 6.42 Å². The molecule has 0 saturated heterocycles. The second-order valence-electron chi connectivity index (χ2n) is 4.13. The molecule has 94 valence electrons. The smallest absolute Gasteiger partial charge is 0.306 e. The molecular weight excluding hydrogens is 208 g/mol. The minimum absolute atomic E-state index is 0.254. The molecule has 0 aromatic carbocycles. The number of carbonyl (C=O) groups excluding carboxylic acids is 2. The molecule has 0 aliphatic carbocycles. The van der Waals surface area contributed by atoms with Gasteiger partial charge in [-0.25, -0.2) is 0 Å². The van der Waals surface area contributed by atoms with Gasteiger partial charge >= 0.3 is 11.9 Å². The summed E-state index contributed by atoms with van der Waals surface area (Å²) in [6, 6.07) is 0. The van der Waals surface area contributed by atoms with E-state index in [-0.39, 0.29) is 30.2 Å². The molecule has 0 radical (unpaired) electrons. The Morgan fingerprint density at radius 2 is 1.31 bits per heavy atom. The molecule has 4 nitrogen and oxygen atoms in total. The predicted molar refractivity (Wildman–Crippen MR) is 60.9 cm³/mol. The summed E-state index contributed by atoms with van der Waals surface area (Å²) in [6.45, 7) is 8.15. The molecule has 0 saturated carbocycles. The molecule has 0 amide bonds. The number of hydrogen-bond donors (Lipinski definition) is 0. The van der Waals surface area contributed by atoms with Crippen LogP contribution in [-0.4, -0.2) is 25.2 Å². The molecule has 0 atom stereocenters. The molecule has 0 heterocycles. The Balaban J connectivity index is 4.29. The number of ether oxygens (including phenoxy) is 2. The molecule has 0 aromatic rings. The first-order chi connectivity index (χ1) is 7.47. The van der Waals surface area contributed by atoms with E-state index in [4.69, 9.17) is 9.47 Å². The van der Waals surface area contributed by atoms with Gasteiger partial charge in [-0.15, -0.1) is 0 Å². The van der Waals surface area contributed by atoms with E-state index in [1.54, 1.807) is 13.8 Å². The molecular formula is C12H22O4. The molecule has 16 heavy (non-hydrogen) atoms. The Hall–Kier alpha value is -1.06. The highest BCUT2D eigenvalue weighted by molar-refractivity contribution is 5.74. The highest BCUT2D eigenvalue weighted by Gasteiger charge is 2.29. The van der Waals surface area contributed by atoms with Gasteiger partial charge in [0.15, 0.2) is 0 Å². The lowest BCUT2D eigenvalue weighted by Gasteiger charge is -2.25. The molecule has 0 aromatic heterocycles. The van der Waals surface area contributed by atoms with Crippen LogP contribution >= 0.6 is 0 Å². The van der Waals surface area contributed by atoms with E-state index in [0.29, 0.717) is 13.2 Å². The van der Waals surface area contributed by atoms with Gasteiger partial charge in [0.05, 0.1) is 26.1 Å². The fourth-order valence-corrected chi connectivity index (χ4v) is 1.43. The maximum Gasteiger partial charge on any atom is 0.306 e. The maximum absolute atomic E-state index is 11.4. The Labute approximate surface area is 97.3 Å². The summed E-state index contributed by atoms with van der Waals surface area (Å²) >= 11 is 0. The van der Waals surface area contributed by atoms with Gasteiger partial charge in [0.25, 0.3) is 0 Å². The quantitative estimate of drug-likeness (QED) is 0.630. The van der Waals surface area contributed by atoms with Gasteiger partial charge in [0.2, 0.25) is 0 Å². The first-order valence-corrected chi connectivity index (χ1v) is 5.78. The molecule has 0 bridgehead atoms. The normalized spacial score (nSPS) is 11.0. The van der Waals surface area contributed by atoms with Crippen LogP contribution in [0, 0.1) is 5.41 Å². The molecule has 0 rings (SSSR count). The average molecular weight is 230 g/mol. The molecule has 0 spiro atoms. The van der Waals surface area contributed by atoms with Crippen molar-refractivity contribution < 1.29 is 19.1 Å². The minimum atomic E-state index is -0.363. The van der Waals surface area contributed by atoms with Gasteiger partial charge in [-0.05, 0) is 25.7 Å². The van der Waals surface area contributed by atoms with E-state index >= 15 is 0 Å². The van der Waals surface area contributed by atoms with Crippen molar-refractivity contribution in [1.82, 2.24) is 0 Å². The Morgan fingerprint density at radius 3 is 1.56 bits per heavy atom. The van der Waals surface area contributed by atoms with Gasteiger partial charge in [0.1, 0.15) is 0 Å². The SMILES string of the molecule is CCOC(=O)CC(C)(CC)CC(=O)OCC. The van der Waals surface area contributed by atoms with Crippen LogP contribution in [-0.2, 0) is 19.1 Å². The highest BCUT2D eigenvalue weighted by Crippen LogP contribution is 2.30. The number of carbonyl (C=O) groups is 2. The zero-order valence-corrected chi connectivity index (χ0v) is 10.7. The molecule has 0 aliphatic heterocycles. The lowest BCUT2D eigenvalue weighted by atomic mass is 9.81. The summed E-state index contributed by atoms with van der Waals surface area (Å²) in [7, 11) is 0. The van der Waals surface area contributed by atoms with E-state index in [1.165, 1.54) is 0 Å². The fraction of sp³-hybridized carbons (Fsp3) is 0.833. The topological polar surface area (TPSA) is 52.6 Å². The summed E-state index contributed by atoms with van der Waals surface area (Å²) in [5, 5.41) is 0. The number of rotatable bonds is 7. The zero-order chi connectivity index (χ0) is 12.6. The Morgan fingerprint density at radius 1 is 0.938 bits per heavy atom. The van der Waals surface area contributed by atoms with Gasteiger partial charge in [-0.3, -0.25) is 9.59 Å². The van der Waals surface area contributed by atoms with E-state index < -0.39 is 0 Å². The number of hydrogen-bond acceptors (Lipinski definition) is 4. The molecule has 0 unspecified atom stereocenters. The van der Waals surface area contributed by atoms with Crippen LogP contribution in [0.1, 0.15) is 47.0 Å². The van der Waals surface area contributed by atoms with Crippen LogP contribution in [0.25, 0.3) is 0 Å². The molecule has 0 aliphatic rings. The largest absolute Gasteiger partial charge is 0.466 e. The first kappa shape index (κ1) is 14.9. The monoisotopic (exact) mass is 230 g/mol. The lowest BCUT2D eigenvalue weighted by molar-refractivity contribution is -0.149. The maximum atomic E-state index is 11.4. The molecule has 4 heteroatoms. The highest BCUT2D eigenvalue weighted by atomic mass is 16.5. The van der Waals surface area contributed by atoms with E-state index in [9.17, 15) is 9.59 Å². The van der Waals surface area contributed by atoms with Crippen LogP contribution < -0.4 is 0 Å². The van der Waals surface area contributed by atoms with Gasteiger partial charge < -0.3 is 9.47 Å². The molecule has 0 N–H and O–H groups in total. The van der Waals surface area contributed by atoms with Gasteiger partial charge in [-0.2, -0.15) is 0 Å². The third kappa shape index (κ3) is 5.73. The molecule has 0 fully saturated rings. The minimum Gasteiger partial charge on any atom is -0.466 e. The van der Waals surface area contributed by atoms with Crippen molar-refractivity contribution in [1.29, 1.82) is 0 Å². The van der Waals surface area contributed by atoms with E-state index in [1.807, 2.05) is 13.8 Å². The summed E-state index contributed by atoms with van der Waals surface area (Å²) < 4.78 is 9.78. The Bertz CT molecular complexity index is 215. The van der Waals surface area contributed by atoms with Crippen molar-refractivity contribution in [3.63, 3.8) is 0 Å². The second kappa shape index (κ2) is 7.25. The summed E-state index contributed by atoms with van der Waals surface area (Å²) in [5.41, 5.74) is -0.363. The van der Waals surface area contributed by atoms with Crippen LogP contribution in [0.4, 0.5) is 0 Å². The van der Waals surface area contributed by atoms with Crippen molar-refractivity contribution in [2.24, 2.45) is 5.41 Å². The first-order valence-electron chi connectivity index (χ1n) is 5.78. The lowest BCUT2D eigenvalue weighted by Crippen LogP contribution is -2.26. The average Bonchev–Trinajstić information content (AvgIpc) is 2.17. The summed E-state index contributed by atoms with van der Waals surface area (Å²) in [5.74, 6) is -0.507. The van der Waals surface area contributed by atoms with Crippen molar-refractivity contribution in [2.75, 3.05) is 13.2 Å². The van der Waals surface area contributed by atoms with Crippen molar-refractivity contribution in [3.8, 4) is 0 Å².